The van der Waals surface area contributed by atoms with Gasteiger partial charge in [0.15, 0.2) is 0 Å². The number of fused-ring (bicyclic) bond motifs is 1. The van der Waals surface area contributed by atoms with Crippen LogP contribution in [0.1, 0.15) is 38.3 Å². The first-order valence-corrected chi connectivity index (χ1v) is 13.6. The van der Waals surface area contributed by atoms with Crippen molar-refractivity contribution >= 4 is 34.0 Å². The molecule has 1 heterocycles. The molecule has 1 aromatic heterocycles. The SMILES string of the molecule is CCSc1cc(OC)c(NCC#Cc2cc3c(NC4CCC(N)CC4)cccc3n2CC(F)(F)F)cc1F. The maximum Gasteiger partial charge on any atom is 0.406 e. The van der Waals surface area contributed by atoms with Crippen LogP contribution in [0.25, 0.3) is 10.9 Å². The lowest BCUT2D eigenvalue weighted by molar-refractivity contribution is -0.140. The second-order valence-electron chi connectivity index (χ2n) is 9.30. The summed E-state index contributed by atoms with van der Waals surface area (Å²) in [6, 6.07) is 10.4. The van der Waals surface area contributed by atoms with Crippen molar-refractivity contribution in [3.63, 3.8) is 0 Å². The monoisotopic (exact) mass is 548 g/mol. The molecule has 0 bridgehead atoms. The lowest BCUT2D eigenvalue weighted by atomic mass is 9.91. The third kappa shape index (κ3) is 6.88. The van der Waals surface area contributed by atoms with Gasteiger partial charge < -0.3 is 25.7 Å². The average Bonchev–Trinajstić information content (AvgIpc) is 3.21. The van der Waals surface area contributed by atoms with Crippen LogP contribution in [-0.4, -0.2) is 42.2 Å². The van der Waals surface area contributed by atoms with Gasteiger partial charge in [0.25, 0.3) is 0 Å². The third-order valence-corrected chi connectivity index (χ3v) is 7.46. The summed E-state index contributed by atoms with van der Waals surface area (Å²) in [7, 11) is 1.49. The van der Waals surface area contributed by atoms with E-state index in [1.165, 1.54) is 29.5 Å². The van der Waals surface area contributed by atoms with Gasteiger partial charge in [-0.05, 0) is 61.6 Å². The van der Waals surface area contributed by atoms with Gasteiger partial charge in [-0.2, -0.15) is 13.2 Å². The van der Waals surface area contributed by atoms with Crippen molar-refractivity contribution in [2.45, 2.75) is 62.3 Å². The number of methoxy groups -OCH3 is 1. The first-order valence-electron chi connectivity index (χ1n) is 12.6. The Morgan fingerprint density at radius 3 is 2.58 bits per heavy atom. The number of nitrogens with zero attached hydrogens (tertiary/aromatic N) is 1. The van der Waals surface area contributed by atoms with E-state index in [9.17, 15) is 17.6 Å². The van der Waals surface area contributed by atoms with Gasteiger partial charge in [-0.15, -0.1) is 11.8 Å². The molecule has 0 spiro atoms. The molecular weight excluding hydrogens is 516 g/mol. The van der Waals surface area contributed by atoms with Crippen LogP contribution in [0.3, 0.4) is 0 Å². The summed E-state index contributed by atoms with van der Waals surface area (Å²) in [6.07, 6.45) is -0.738. The summed E-state index contributed by atoms with van der Waals surface area (Å²) in [4.78, 5) is 0.484. The smallest absolute Gasteiger partial charge is 0.406 e. The van der Waals surface area contributed by atoms with Gasteiger partial charge in [-0.1, -0.05) is 18.9 Å². The van der Waals surface area contributed by atoms with E-state index in [1.807, 2.05) is 13.0 Å². The van der Waals surface area contributed by atoms with Gasteiger partial charge >= 0.3 is 6.18 Å². The summed E-state index contributed by atoms with van der Waals surface area (Å²) in [5.41, 5.74) is 7.95. The van der Waals surface area contributed by atoms with E-state index in [2.05, 4.69) is 22.5 Å². The highest BCUT2D eigenvalue weighted by atomic mass is 32.2. The minimum Gasteiger partial charge on any atom is -0.495 e. The van der Waals surface area contributed by atoms with Crippen molar-refractivity contribution in [1.82, 2.24) is 4.57 Å². The van der Waals surface area contributed by atoms with Gasteiger partial charge in [0.05, 0.1) is 30.6 Å². The number of rotatable bonds is 8. The van der Waals surface area contributed by atoms with Gasteiger partial charge in [-0.3, -0.25) is 0 Å². The molecule has 0 aliphatic heterocycles. The molecule has 0 amide bonds. The molecule has 0 unspecified atom stereocenters. The molecule has 5 nitrogen and oxygen atoms in total. The van der Waals surface area contributed by atoms with Crippen molar-refractivity contribution < 1.29 is 22.3 Å². The first kappa shape index (κ1) is 28.0. The minimum absolute atomic E-state index is 0.0943. The van der Waals surface area contributed by atoms with Crippen molar-refractivity contribution in [2.75, 3.05) is 30.0 Å². The fraction of sp³-hybridized carbons (Fsp3) is 0.429. The molecule has 38 heavy (non-hydrogen) atoms. The Kier molecular flexibility index (Phi) is 9.00. The van der Waals surface area contributed by atoms with Crippen LogP contribution in [0.2, 0.25) is 0 Å². The van der Waals surface area contributed by atoms with Gasteiger partial charge in [-0.25, -0.2) is 4.39 Å². The topological polar surface area (TPSA) is 64.2 Å². The van der Waals surface area contributed by atoms with E-state index >= 15 is 0 Å². The zero-order valence-corrected chi connectivity index (χ0v) is 22.2. The van der Waals surface area contributed by atoms with E-state index < -0.39 is 12.7 Å². The number of benzene rings is 2. The average molecular weight is 549 g/mol. The van der Waals surface area contributed by atoms with Crippen LogP contribution in [0.4, 0.5) is 28.9 Å². The molecule has 0 saturated heterocycles. The Labute approximate surface area is 224 Å². The predicted octanol–water partition coefficient (Wildman–Crippen LogP) is 6.61. The van der Waals surface area contributed by atoms with E-state index in [4.69, 9.17) is 10.5 Å². The fourth-order valence-corrected chi connectivity index (χ4v) is 5.43. The Morgan fingerprint density at radius 2 is 1.89 bits per heavy atom. The van der Waals surface area contributed by atoms with Crippen LogP contribution >= 0.6 is 11.8 Å². The Morgan fingerprint density at radius 1 is 1.13 bits per heavy atom. The van der Waals surface area contributed by atoms with Crippen LogP contribution < -0.4 is 21.1 Å². The minimum atomic E-state index is -4.41. The fourth-order valence-electron chi connectivity index (χ4n) is 4.73. The maximum atomic E-state index is 14.4. The third-order valence-electron chi connectivity index (χ3n) is 6.55. The largest absolute Gasteiger partial charge is 0.495 e. The molecule has 204 valence electrons. The standard InChI is InChI=1S/C28H32F4N4OS/c1-3-38-27-16-26(37-2)24(15-22(27)29)34-13-5-6-20-14-21-23(35-19-11-9-18(33)10-12-19)7-4-8-25(21)36(20)17-28(30,31)32/h4,7-8,14-16,18-19,34-35H,3,9-13,17,33H2,1-2H3. The summed E-state index contributed by atoms with van der Waals surface area (Å²) in [5, 5.41) is 7.21. The molecular formula is C28H32F4N4OS. The van der Waals surface area contributed by atoms with E-state index in [0.717, 1.165) is 37.1 Å². The molecule has 10 heteroatoms. The number of ether oxygens (including phenoxy) is 1. The zero-order valence-electron chi connectivity index (χ0n) is 21.4. The number of halogens is 4. The molecule has 1 aliphatic carbocycles. The van der Waals surface area contributed by atoms with Crippen molar-refractivity contribution in [3.05, 3.63) is 47.9 Å². The van der Waals surface area contributed by atoms with Gasteiger partial charge in [0, 0.05) is 34.1 Å². The summed E-state index contributed by atoms with van der Waals surface area (Å²) in [6.45, 7) is 0.879. The summed E-state index contributed by atoms with van der Waals surface area (Å²) in [5.74, 6) is 6.58. The number of hydrogen-bond donors (Lipinski definition) is 3. The molecule has 1 saturated carbocycles. The number of anilines is 2. The highest BCUT2D eigenvalue weighted by Crippen LogP contribution is 2.34. The highest BCUT2D eigenvalue weighted by molar-refractivity contribution is 7.99. The highest BCUT2D eigenvalue weighted by Gasteiger charge is 2.30. The van der Waals surface area contributed by atoms with Crippen molar-refractivity contribution in [1.29, 1.82) is 0 Å². The van der Waals surface area contributed by atoms with Gasteiger partial charge in [0.2, 0.25) is 0 Å². The number of nitrogens with two attached hydrogens (primary N) is 1. The molecule has 1 fully saturated rings. The molecule has 1 aliphatic rings. The normalized spacial score (nSPS) is 17.7. The van der Waals surface area contributed by atoms with Gasteiger partial charge in [0.1, 0.15) is 18.1 Å². The summed E-state index contributed by atoms with van der Waals surface area (Å²) < 4.78 is 61.5. The second kappa shape index (κ2) is 12.2. The van der Waals surface area contributed by atoms with Crippen molar-refractivity contribution in [2.24, 2.45) is 5.73 Å². The first-order chi connectivity index (χ1) is 18.2. The number of aromatic nitrogens is 1. The lowest BCUT2D eigenvalue weighted by Gasteiger charge is -2.28. The lowest BCUT2D eigenvalue weighted by Crippen LogP contribution is -2.32. The number of hydrogen-bond acceptors (Lipinski definition) is 5. The van der Waals surface area contributed by atoms with Crippen LogP contribution in [0.15, 0.2) is 41.3 Å². The predicted molar refractivity (Wildman–Crippen MR) is 147 cm³/mol. The van der Waals surface area contributed by atoms with Crippen molar-refractivity contribution in [3.8, 4) is 17.6 Å². The molecule has 3 aromatic rings. The Balaban J connectivity index is 1.59. The second-order valence-corrected chi connectivity index (χ2v) is 10.6. The molecule has 0 atom stereocenters. The molecule has 4 N–H and O–H groups in total. The molecule has 2 aromatic carbocycles. The molecule has 0 radical (unpaired) electrons. The Bertz CT molecular complexity index is 1320. The summed E-state index contributed by atoms with van der Waals surface area (Å²) >= 11 is 1.37. The van der Waals surface area contributed by atoms with E-state index in [-0.39, 0.29) is 30.1 Å². The number of alkyl halides is 3. The molecule has 4 rings (SSSR count). The maximum absolute atomic E-state index is 14.4. The Hall–Kier alpha value is -3.03. The van der Waals surface area contributed by atoms with Crippen LogP contribution in [0.5, 0.6) is 5.75 Å². The number of thioether (sulfide) groups is 1. The number of nitrogens with one attached hydrogen (secondary N) is 2. The van der Waals surface area contributed by atoms with Crippen LogP contribution in [0, 0.1) is 17.7 Å². The quantitative estimate of drug-likeness (QED) is 0.168. The van der Waals surface area contributed by atoms with E-state index in [0.29, 0.717) is 27.2 Å². The van der Waals surface area contributed by atoms with E-state index in [1.54, 1.807) is 24.3 Å². The zero-order chi connectivity index (χ0) is 27.3. The van der Waals surface area contributed by atoms with Crippen LogP contribution in [-0.2, 0) is 6.54 Å².